The largest absolute Gasteiger partial charge is 0.469 e. The Bertz CT molecular complexity index is 565. The quantitative estimate of drug-likeness (QED) is 0.705. The highest BCUT2D eigenvalue weighted by atomic mass is 16.3. The van der Waals surface area contributed by atoms with Crippen molar-refractivity contribution in [1.29, 1.82) is 0 Å². The van der Waals surface area contributed by atoms with Crippen molar-refractivity contribution in [2.75, 3.05) is 0 Å². The fourth-order valence-corrected chi connectivity index (χ4v) is 3.30. The molecule has 3 atom stereocenters. The number of furan rings is 1. The standard InChI is InChI=1S/C16H14O/c1-2-5-12-11(4-1)7-8-13-14(12)10-15(13)16-6-3-9-17-16/h1-9,13-15H,10H2/t13-,14+,15+/m0/s1. The average Bonchev–Trinajstić information content (AvgIpc) is 2.83. The molecular formula is C16H14O. The van der Waals surface area contributed by atoms with Crippen molar-refractivity contribution in [2.24, 2.45) is 5.92 Å². The molecule has 2 aliphatic carbocycles. The van der Waals surface area contributed by atoms with Gasteiger partial charge >= 0.3 is 0 Å². The third kappa shape index (κ3) is 1.25. The van der Waals surface area contributed by atoms with E-state index in [-0.39, 0.29) is 0 Å². The van der Waals surface area contributed by atoms with Crippen LogP contribution in [0.4, 0.5) is 0 Å². The summed E-state index contributed by atoms with van der Waals surface area (Å²) in [6.45, 7) is 0. The lowest BCUT2D eigenvalue weighted by Crippen LogP contribution is -2.33. The van der Waals surface area contributed by atoms with Crippen molar-refractivity contribution in [3.8, 4) is 0 Å². The average molecular weight is 222 g/mol. The molecule has 0 spiro atoms. The molecule has 1 nitrogen and oxygen atoms in total. The minimum Gasteiger partial charge on any atom is -0.469 e. The second kappa shape index (κ2) is 3.36. The summed E-state index contributed by atoms with van der Waals surface area (Å²) in [5.41, 5.74) is 2.91. The molecule has 0 saturated heterocycles. The Morgan fingerprint density at radius 2 is 1.94 bits per heavy atom. The van der Waals surface area contributed by atoms with Gasteiger partial charge in [0.1, 0.15) is 5.76 Å². The Balaban J connectivity index is 1.70. The Morgan fingerprint density at radius 1 is 1.00 bits per heavy atom. The predicted octanol–water partition coefficient (Wildman–Crippen LogP) is 4.19. The van der Waals surface area contributed by atoms with Gasteiger partial charge in [0.2, 0.25) is 0 Å². The number of benzene rings is 1. The van der Waals surface area contributed by atoms with E-state index in [0.717, 1.165) is 5.76 Å². The fourth-order valence-electron chi connectivity index (χ4n) is 3.30. The van der Waals surface area contributed by atoms with Crippen LogP contribution in [0, 0.1) is 5.92 Å². The van der Waals surface area contributed by atoms with Gasteiger partial charge in [0.15, 0.2) is 0 Å². The van der Waals surface area contributed by atoms with E-state index >= 15 is 0 Å². The first kappa shape index (κ1) is 9.29. The van der Waals surface area contributed by atoms with Crippen molar-refractivity contribution in [2.45, 2.75) is 18.3 Å². The third-order valence-corrected chi connectivity index (χ3v) is 4.24. The van der Waals surface area contributed by atoms with Crippen LogP contribution in [0.1, 0.15) is 35.1 Å². The summed E-state index contributed by atoms with van der Waals surface area (Å²) in [7, 11) is 0. The number of hydrogen-bond acceptors (Lipinski definition) is 1. The zero-order chi connectivity index (χ0) is 11.2. The van der Waals surface area contributed by atoms with Crippen LogP contribution in [-0.2, 0) is 0 Å². The van der Waals surface area contributed by atoms with Crippen molar-refractivity contribution in [3.63, 3.8) is 0 Å². The molecule has 4 rings (SSSR count). The molecule has 84 valence electrons. The lowest BCUT2D eigenvalue weighted by molar-refractivity contribution is 0.222. The molecule has 0 aliphatic heterocycles. The van der Waals surface area contributed by atoms with Crippen LogP contribution in [-0.4, -0.2) is 0 Å². The highest BCUT2D eigenvalue weighted by Crippen LogP contribution is 2.56. The molecule has 0 unspecified atom stereocenters. The minimum absolute atomic E-state index is 0.583. The van der Waals surface area contributed by atoms with E-state index in [0.29, 0.717) is 17.8 Å². The van der Waals surface area contributed by atoms with E-state index in [1.165, 1.54) is 17.5 Å². The molecule has 1 heterocycles. The van der Waals surface area contributed by atoms with Gasteiger partial charge in [-0.2, -0.15) is 0 Å². The Hall–Kier alpha value is -1.76. The maximum atomic E-state index is 5.54. The zero-order valence-electron chi connectivity index (χ0n) is 9.54. The van der Waals surface area contributed by atoms with Gasteiger partial charge in [-0.25, -0.2) is 0 Å². The van der Waals surface area contributed by atoms with Gasteiger partial charge in [-0.1, -0.05) is 36.4 Å². The molecule has 1 saturated carbocycles. The normalized spacial score (nSPS) is 29.3. The van der Waals surface area contributed by atoms with Crippen molar-refractivity contribution >= 4 is 6.08 Å². The van der Waals surface area contributed by atoms with Crippen molar-refractivity contribution < 1.29 is 4.42 Å². The second-order valence-corrected chi connectivity index (χ2v) is 5.03. The fraction of sp³-hybridized carbons (Fsp3) is 0.250. The summed E-state index contributed by atoms with van der Waals surface area (Å²) in [4.78, 5) is 0. The van der Waals surface area contributed by atoms with Gasteiger partial charge in [-0.05, 0) is 41.5 Å². The summed E-state index contributed by atoms with van der Waals surface area (Å²) in [6, 6.07) is 12.8. The van der Waals surface area contributed by atoms with Gasteiger partial charge in [-0.15, -0.1) is 0 Å². The maximum Gasteiger partial charge on any atom is 0.107 e. The highest BCUT2D eigenvalue weighted by molar-refractivity contribution is 5.60. The molecule has 1 aromatic heterocycles. The molecule has 2 aliphatic rings. The molecule has 1 fully saturated rings. The first-order valence-electron chi connectivity index (χ1n) is 6.24. The summed E-state index contributed by atoms with van der Waals surface area (Å²) < 4.78 is 5.54. The van der Waals surface area contributed by atoms with E-state index in [1.54, 1.807) is 6.26 Å². The first-order valence-corrected chi connectivity index (χ1v) is 6.24. The van der Waals surface area contributed by atoms with Crippen LogP contribution in [0.3, 0.4) is 0 Å². The smallest absolute Gasteiger partial charge is 0.107 e. The molecule has 0 radical (unpaired) electrons. The van der Waals surface area contributed by atoms with E-state index in [9.17, 15) is 0 Å². The predicted molar refractivity (Wildman–Crippen MR) is 67.8 cm³/mol. The summed E-state index contributed by atoms with van der Waals surface area (Å²) in [5, 5.41) is 0. The Kier molecular flexibility index (Phi) is 1.84. The number of allylic oxidation sites excluding steroid dienone is 1. The maximum absolute atomic E-state index is 5.54. The first-order chi connectivity index (χ1) is 8.43. The summed E-state index contributed by atoms with van der Waals surface area (Å²) in [6.07, 6.45) is 7.64. The van der Waals surface area contributed by atoms with Crippen LogP contribution in [0.5, 0.6) is 0 Å². The second-order valence-electron chi connectivity index (χ2n) is 5.03. The summed E-state index contributed by atoms with van der Waals surface area (Å²) >= 11 is 0. The highest BCUT2D eigenvalue weighted by Gasteiger charge is 2.44. The van der Waals surface area contributed by atoms with E-state index < -0.39 is 0 Å². The molecule has 0 bridgehead atoms. The molecule has 17 heavy (non-hydrogen) atoms. The van der Waals surface area contributed by atoms with Gasteiger partial charge in [-0.3, -0.25) is 0 Å². The lowest BCUT2D eigenvalue weighted by atomic mass is 9.59. The minimum atomic E-state index is 0.583. The van der Waals surface area contributed by atoms with Crippen LogP contribution < -0.4 is 0 Å². The van der Waals surface area contributed by atoms with Gasteiger partial charge in [0, 0.05) is 5.92 Å². The summed E-state index contributed by atoms with van der Waals surface area (Å²) in [5.74, 6) is 3.07. The lowest BCUT2D eigenvalue weighted by Gasteiger charge is -2.45. The van der Waals surface area contributed by atoms with Gasteiger partial charge < -0.3 is 4.42 Å². The van der Waals surface area contributed by atoms with Crippen LogP contribution in [0.15, 0.2) is 53.2 Å². The van der Waals surface area contributed by atoms with E-state index in [4.69, 9.17) is 4.42 Å². The van der Waals surface area contributed by atoms with Gasteiger partial charge in [0.25, 0.3) is 0 Å². The topological polar surface area (TPSA) is 13.1 Å². The third-order valence-electron chi connectivity index (χ3n) is 4.24. The number of fused-ring (bicyclic) bond motifs is 3. The molecule has 1 heteroatoms. The number of rotatable bonds is 1. The van der Waals surface area contributed by atoms with Crippen LogP contribution in [0.25, 0.3) is 6.08 Å². The molecule has 1 aromatic carbocycles. The SMILES string of the molecule is C1=C[C@H]2[C@H](C[C@H]2c2ccco2)c2ccccc21. The van der Waals surface area contributed by atoms with Crippen molar-refractivity contribution in [3.05, 3.63) is 65.6 Å². The van der Waals surface area contributed by atoms with E-state index in [1.807, 2.05) is 6.07 Å². The zero-order valence-corrected chi connectivity index (χ0v) is 9.54. The Morgan fingerprint density at radius 3 is 2.82 bits per heavy atom. The molecule has 2 aromatic rings. The van der Waals surface area contributed by atoms with Crippen molar-refractivity contribution in [1.82, 2.24) is 0 Å². The monoisotopic (exact) mass is 222 g/mol. The van der Waals surface area contributed by atoms with Crippen LogP contribution in [0.2, 0.25) is 0 Å². The Labute approximate surface area is 101 Å². The molecule has 0 amide bonds. The number of hydrogen-bond donors (Lipinski definition) is 0. The van der Waals surface area contributed by atoms with E-state index in [2.05, 4.69) is 42.5 Å². The van der Waals surface area contributed by atoms with Gasteiger partial charge in [0.05, 0.1) is 6.26 Å². The molecular weight excluding hydrogens is 208 g/mol. The molecule has 0 N–H and O–H groups in total. The van der Waals surface area contributed by atoms with Crippen LogP contribution >= 0.6 is 0 Å².